The minimum Gasteiger partial charge on any atom is -0.361 e. The van der Waals surface area contributed by atoms with Crippen LogP contribution in [0.15, 0.2) is 72.9 Å². The Morgan fingerprint density at radius 1 is 0.938 bits per heavy atom. The van der Waals surface area contributed by atoms with Crippen molar-refractivity contribution in [2.45, 2.75) is 13.3 Å². The van der Waals surface area contributed by atoms with Crippen LogP contribution >= 0.6 is 0 Å². The molecule has 0 atom stereocenters. The van der Waals surface area contributed by atoms with E-state index in [0.717, 1.165) is 22.4 Å². The standard InChI is InChI=1S/C26H19N3O3/c1-16(30)18-4-6-19(7-5-18)20-8-11-22-23(14-20)24(26(32)29-25(22)31)15-28-21-9-2-17(3-10-21)12-13-27/h2-11,14-15,28H,12H2,1H3,(H,29,31,32). The SMILES string of the molecule is CC(=O)c1ccc(-c2ccc3c(c2)C(=CNc2ccc(CC#N)cc2)C(=O)NC3=O)cc1. The van der Waals surface area contributed by atoms with Crippen molar-refractivity contribution in [1.29, 1.82) is 5.26 Å². The molecule has 3 aromatic carbocycles. The highest BCUT2D eigenvalue weighted by Crippen LogP contribution is 2.30. The molecule has 6 heteroatoms. The molecule has 0 saturated heterocycles. The first-order valence-corrected chi connectivity index (χ1v) is 10.0. The Morgan fingerprint density at radius 2 is 1.62 bits per heavy atom. The highest BCUT2D eigenvalue weighted by molar-refractivity contribution is 6.31. The topological polar surface area (TPSA) is 99.1 Å². The number of fused-ring (bicyclic) bond motifs is 1. The van der Waals surface area contributed by atoms with Crippen molar-refractivity contribution in [3.05, 3.63) is 95.2 Å². The van der Waals surface area contributed by atoms with Crippen LogP contribution in [0.3, 0.4) is 0 Å². The average molecular weight is 421 g/mol. The predicted octanol–water partition coefficient (Wildman–Crippen LogP) is 4.35. The van der Waals surface area contributed by atoms with Crippen LogP contribution in [0.4, 0.5) is 5.69 Å². The summed E-state index contributed by atoms with van der Waals surface area (Å²) in [6.45, 7) is 1.51. The largest absolute Gasteiger partial charge is 0.361 e. The summed E-state index contributed by atoms with van der Waals surface area (Å²) >= 11 is 0. The van der Waals surface area contributed by atoms with Gasteiger partial charge in [-0.3, -0.25) is 19.7 Å². The fourth-order valence-electron chi connectivity index (χ4n) is 3.51. The van der Waals surface area contributed by atoms with Crippen LogP contribution in [0.2, 0.25) is 0 Å². The molecule has 1 aliphatic heterocycles. The van der Waals surface area contributed by atoms with Crippen molar-refractivity contribution in [3.63, 3.8) is 0 Å². The summed E-state index contributed by atoms with van der Waals surface area (Å²) in [6, 6.07) is 21.9. The molecule has 0 aliphatic carbocycles. The number of nitrogens with zero attached hydrogens (tertiary/aromatic N) is 1. The van der Waals surface area contributed by atoms with Gasteiger partial charge >= 0.3 is 0 Å². The van der Waals surface area contributed by atoms with Crippen molar-refractivity contribution in [2.24, 2.45) is 0 Å². The minimum atomic E-state index is -0.486. The molecule has 3 aromatic rings. The quantitative estimate of drug-likeness (QED) is 0.363. The molecule has 6 nitrogen and oxygen atoms in total. The van der Waals surface area contributed by atoms with Crippen molar-refractivity contribution in [3.8, 4) is 17.2 Å². The lowest BCUT2D eigenvalue weighted by Gasteiger charge is -2.19. The fourth-order valence-corrected chi connectivity index (χ4v) is 3.51. The van der Waals surface area contributed by atoms with Gasteiger partial charge in [0.05, 0.1) is 18.1 Å². The van der Waals surface area contributed by atoms with E-state index in [0.29, 0.717) is 28.7 Å². The van der Waals surface area contributed by atoms with Crippen LogP contribution in [0.1, 0.15) is 38.8 Å². The molecular weight excluding hydrogens is 402 g/mol. The molecule has 0 bridgehead atoms. The first kappa shape index (κ1) is 20.8. The molecule has 0 aromatic heterocycles. The number of carbonyl (C=O) groups is 3. The van der Waals surface area contributed by atoms with Gasteiger partial charge in [0.2, 0.25) is 0 Å². The Balaban J connectivity index is 1.68. The van der Waals surface area contributed by atoms with E-state index in [9.17, 15) is 14.4 Å². The third kappa shape index (κ3) is 4.18. The lowest BCUT2D eigenvalue weighted by atomic mass is 9.91. The van der Waals surface area contributed by atoms with Gasteiger partial charge in [-0.05, 0) is 47.9 Å². The van der Waals surface area contributed by atoms with Gasteiger partial charge in [0.1, 0.15) is 0 Å². The van der Waals surface area contributed by atoms with Crippen LogP contribution in [0.5, 0.6) is 0 Å². The Morgan fingerprint density at radius 3 is 2.28 bits per heavy atom. The molecule has 4 rings (SSSR count). The summed E-state index contributed by atoms with van der Waals surface area (Å²) in [5.74, 6) is -0.942. The number of carbonyl (C=O) groups excluding carboxylic acids is 3. The third-order valence-corrected chi connectivity index (χ3v) is 5.27. The Kier molecular flexibility index (Phi) is 5.65. The number of nitriles is 1. The molecule has 2 amide bonds. The van der Waals surface area contributed by atoms with Gasteiger partial charge in [0.15, 0.2) is 5.78 Å². The van der Waals surface area contributed by atoms with Crippen LogP contribution in [-0.4, -0.2) is 17.6 Å². The van der Waals surface area contributed by atoms with Gasteiger partial charge in [-0.1, -0.05) is 42.5 Å². The van der Waals surface area contributed by atoms with E-state index in [1.54, 1.807) is 30.5 Å². The number of hydrogen-bond donors (Lipinski definition) is 2. The second-order valence-corrected chi connectivity index (χ2v) is 7.41. The molecule has 0 radical (unpaired) electrons. The number of hydrogen-bond acceptors (Lipinski definition) is 5. The van der Waals surface area contributed by atoms with Crippen molar-refractivity contribution in [2.75, 3.05) is 5.32 Å². The molecule has 1 heterocycles. The number of amides is 2. The first-order valence-electron chi connectivity index (χ1n) is 10.0. The number of ketones is 1. The smallest absolute Gasteiger partial charge is 0.260 e. The van der Waals surface area contributed by atoms with Gasteiger partial charge in [0, 0.05) is 28.6 Å². The normalized spacial score (nSPS) is 13.8. The zero-order valence-corrected chi connectivity index (χ0v) is 17.3. The predicted molar refractivity (Wildman–Crippen MR) is 122 cm³/mol. The zero-order valence-electron chi connectivity index (χ0n) is 17.3. The Hall–Kier alpha value is -4.50. The summed E-state index contributed by atoms with van der Waals surface area (Å²) in [5, 5.41) is 14.2. The highest BCUT2D eigenvalue weighted by Gasteiger charge is 2.27. The molecule has 0 saturated carbocycles. The van der Waals surface area contributed by atoms with Gasteiger partial charge in [0.25, 0.3) is 11.8 Å². The number of rotatable bonds is 5. The lowest BCUT2D eigenvalue weighted by Crippen LogP contribution is -2.36. The monoisotopic (exact) mass is 421 g/mol. The summed E-state index contributed by atoms with van der Waals surface area (Å²) in [5.41, 5.74) is 5.24. The fraction of sp³-hybridized carbons (Fsp3) is 0.0769. The molecule has 0 fully saturated rings. The molecule has 32 heavy (non-hydrogen) atoms. The van der Waals surface area contributed by atoms with Crippen molar-refractivity contribution in [1.82, 2.24) is 5.32 Å². The average Bonchev–Trinajstić information content (AvgIpc) is 2.80. The summed E-state index contributed by atoms with van der Waals surface area (Å²) in [6.07, 6.45) is 1.90. The van der Waals surface area contributed by atoms with Gasteiger partial charge in [-0.15, -0.1) is 0 Å². The maximum absolute atomic E-state index is 12.6. The number of benzene rings is 3. The second kappa shape index (κ2) is 8.70. The van der Waals surface area contributed by atoms with Gasteiger partial charge in [-0.2, -0.15) is 5.26 Å². The molecule has 156 valence electrons. The molecule has 0 unspecified atom stereocenters. The van der Waals surface area contributed by atoms with Crippen LogP contribution in [0.25, 0.3) is 16.7 Å². The van der Waals surface area contributed by atoms with E-state index in [-0.39, 0.29) is 5.78 Å². The number of Topliss-reactive ketones (excluding diaryl/α,β-unsaturated/α-hetero) is 1. The number of imide groups is 1. The highest BCUT2D eigenvalue weighted by atomic mass is 16.2. The molecule has 2 N–H and O–H groups in total. The minimum absolute atomic E-state index is 0.0128. The third-order valence-electron chi connectivity index (χ3n) is 5.27. The Labute approximate surface area is 185 Å². The van der Waals surface area contributed by atoms with Crippen molar-refractivity contribution < 1.29 is 14.4 Å². The van der Waals surface area contributed by atoms with E-state index in [1.807, 2.05) is 42.5 Å². The van der Waals surface area contributed by atoms with E-state index < -0.39 is 11.8 Å². The Bertz CT molecular complexity index is 1300. The van der Waals surface area contributed by atoms with Crippen LogP contribution < -0.4 is 10.6 Å². The summed E-state index contributed by atoms with van der Waals surface area (Å²) in [4.78, 5) is 36.4. The molecular formula is C26H19N3O3. The van der Waals surface area contributed by atoms with Gasteiger partial charge in [-0.25, -0.2) is 0 Å². The van der Waals surface area contributed by atoms with E-state index in [1.165, 1.54) is 6.92 Å². The van der Waals surface area contributed by atoms with E-state index in [4.69, 9.17) is 5.26 Å². The molecule has 1 aliphatic rings. The second-order valence-electron chi connectivity index (χ2n) is 7.41. The number of anilines is 1. The van der Waals surface area contributed by atoms with Crippen LogP contribution in [-0.2, 0) is 11.2 Å². The lowest BCUT2D eigenvalue weighted by molar-refractivity contribution is -0.114. The zero-order chi connectivity index (χ0) is 22.7. The van der Waals surface area contributed by atoms with Crippen molar-refractivity contribution >= 4 is 28.9 Å². The van der Waals surface area contributed by atoms with Crippen LogP contribution in [0, 0.1) is 11.3 Å². The maximum atomic E-state index is 12.6. The van der Waals surface area contributed by atoms with Gasteiger partial charge < -0.3 is 5.32 Å². The first-order chi connectivity index (χ1) is 15.5. The number of nitrogens with one attached hydrogen (secondary N) is 2. The van der Waals surface area contributed by atoms with E-state index >= 15 is 0 Å². The maximum Gasteiger partial charge on any atom is 0.260 e. The summed E-state index contributed by atoms with van der Waals surface area (Å²) in [7, 11) is 0. The summed E-state index contributed by atoms with van der Waals surface area (Å²) < 4.78 is 0. The molecule has 0 spiro atoms. The van der Waals surface area contributed by atoms with E-state index in [2.05, 4.69) is 16.7 Å².